The molecule has 5 nitrogen and oxygen atoms in total. The van der Waals surface area contributed by atoms with E-state index in [0.717, 1.165) is 5.56 Å². The molecule has 0 aliphatic heterocycles. The van der Waals surface area contributed by atoms with Crippen molar-refractivity contribution >= 4 is 12.6 Å². The minimum atomic E-state index is -0.737. The van der Waals surface area contributed by atoms with E-state index in [9.17, 15) is 9.59 Å². The molecule has 1 rings (SSSR count). The summed E-state index contributed by atoms with van der Waals surface area (Å²) in [6.45, 7) is 2.54. The van der Waals surface area contributed by atoms with Crippen LogP contribution in [0, 0.1) is 0 Å². The molecule has 0 heterocycles. The van der Waals surface area contributed by atoms with Crippen LogP contribution in [-0.4, -0.2) is 19.2 Å². The summed E-state index contributed by atoms with van der Waals surface area (Å²) in [5.41, 5.74) is 0.809. The van der Waals surface area contributed by atoms with Gasteiger partial charge in [-0.15, -0.1) is 0 Å². The zero-order valence-electron chi connectivity index (χ0n) is 8.84. The summed E-state index contributed by atoms with van der Waals surface area (Å²) in [4.78, 5) is 20.9. The Kier molecular flexibility index (Phi) is 4.85. The van der Waals surface area contributed by atoms with Crippen molar-refractivity contribution in [3.8, 4) is 5.75 Å². The number of carbonyl (C=O) groups is 2. The maximum absolute atomic E-state index is 11.0. The van der Waals surface area contributed by atoms with Crippen LogP contribution < -0.4 is 4.74 Å². The highest BCUT2D eigenvalue weighted by Gasteiger charge is 2.04. The summed E-state index contributed by atoms with van der Waals surface area (Å²) in [5.74, 6) is 0.383. The van der Waals surface area contributed by atoms with E-state index in [1.165, 1.54) is 0 Å². The number of hydrogen-bond donors (Lipinski definition) is 0. The van der Waals surface area contributed by atoms with Gasteiger partial charge in [-0.1, -0.05) is 12.1 Å². The molecule has 0 aliphatic carbocycles. The van der Waals surface area contributed by atoms with Crippen LogP contribution in [0.5, 0.6) is 5.75 Å². The Labute approximate surface area is 92.9 Å². The summed E-state index contributed by atoms with van der Waals surface area (Å²) >= 11 is 0. The fourth-order valence-corrected chi connectivity index (χ4v) is 1.03. The molecule has 16 heavy (non-hydrogen) atoms. The van der Waals surface area contributed by atoms with Crippen LogP contribution in [0.4, 0.5) is 4.79 Å². The monoisotopic (exact) mass is 224 g/mol. The van der Waals surface area contributed by atoms with Gasteiger partial charge in [0.2, 0.25) is 0 Å². The van der Waals surface area contributed by atoms with E-state index >= 15 is 0 Å². The van der Waals surface area contributed by atoms with Crippen molar-refractivity contribution in [2.45, 2.75) is 13.5 Å². The molecule has 0 bridgehead atoms. The van der Waals surface area contributed by atoms with Crippen LogP contribution in [0.3, 0.4) is 0 Å². The lowest BCUT2D eigenvalue weighted by molar-refractivity contribution is -0.129. The van der Waals surface area contributed by atoms with Crippen LogP contribution in [0.1, 0.15) is 12.5 Å². The van der Waals surface area contributed by atoms with Gasteiger partial charge in [0.1, 0.15) is 12.4 Å². The molecule has 0 fully saturated rings. The fourth-order valence-electron chi connectivity index (χ4n) is 1.03. The van der Waals surface area contributed by atoms with Crippen molar-refractivity contribution in [2.75, 3.05) is 6.61 Å². The molecule has 0 unspecified atom stereocenters. The third-order valence-electron chi connectivity index (χ3n) is 1.70. The van der Waals surface area contributed by atoms with Gasteiger partial charge in [0, 0.05) is 0 Å². The molecule has 0 radical (unpaired) electrons. The Bertz CT molecular complexity index is 344. The minimum Gasteiger partial charge on any atom is -0.463 e. The molecule has 0 saturated heterocycles. The van der Waals surface area contributed by atoms with Crippen LogP contribution >= 0.6 is 0 Å². The zero-order chi connectivity index (χ0) is 11.8. The normalized spacial score (nSPS) is 9.31. The average molecular weight is 224 g/mol. The highest BCUT2D eigenvalue weighted by Crippen LogP contribution is 2.13. The van der Waals surface area contributed by atoms with Crippen LogP contribution in [0.2, 0.25) is 0 Å². The lowest BCUT2D eigenvalue weighted by Crippen LogP contribution is -2.09. The molecule has 0 saturated carbocycles. The molecule has 0 aliphatic rings. The first kappa shape index (κ1) is 12.0. The molecule has 0 N–H and O–H groups in total. The first-order valence-electron chi connectivity index (χ1n) is 4.75. The number of ether oxygens (including phenoxy) is 3. The number of rotatable bonds is 5. The molecule has 0 aromatic heterocycles. The highest BCUT2D eigenvalue weighted by atomic mass is 16.7. The third-order valence-corrected chi connectivity index (χ3v) is 1.70. The van der Waals surface area contributed by atoms with Gasteiger partial charge in [-0.05, 0) is 24.6 Å². The molecule has 0 amide bonds. The summed E-state index contributed by atoms with van der Waals surface area (Å²) in [6, 6.07) is 6.58. The van der Waals surface area contributed by atoms with E-state index in [4.69, 9.17) is 4.74 Å². The van der Waals surface area contributed by atoms with Gasteiger partial charge in [-0.2, -0.15) is 0 Å². The average Bonchev–Trinajstić information content (AvgIpc) is 2.28. The summed E-state index contributed by atoms with van der Waals surface area (Å²) in [6.07, 6.45) is -0.737. The largest absolute Gasteiger partial charge is 0.513 e. The standard InChI is InChI=1S/C11H12O5/c1-2-15-11(13)16-10-5-3-9(4-6-10)7-14-8-12/h3-6,8H,2,7H2,1H3. The molecule has 86 valence electrons. The molecule has 1 aromatic rings. The van der Waals surface area contributed by atoms with Crippen molar-refractivity contribution < 1.29 is 23.8 Å². The van der Waals surface area contributed by atoms with Crippen molar-refractivity contribution in [3.05, 3.63) is 29.8 Å². The predicted octanol–water partition coefficient (Wildman–Crippen LogP) is 1.89. The molecular weight excluding hydrogens is 212 g/mol. The van der Waals surface area contributed by atoms with E-state index in [0.29, 0.717) is 12.2 Å². The molecule has 5 heteroatoms. The smallest absolute Gasteiger partial charge is 0.463 e. The first-order chi connectivity index (χ1) is 7.76. The quantitative estimate of drug-likeness (QED) is 0.434. The van der Waals surface area contributed by atoms with Crippen LogP contribution in [0.15, 0.2) is 24.3 Å². The second-order valence-corrected chi connectivity index (χ2v) is 2.84. The Morgan fingerprint density at radius 2 is 2.00 bits per heavy atom. The molecule has 0 spiro atoms. The number of benzene rings is 1. The Balaban J connectivity index is 2.50. The first-order valence-corrected chi connectivity index (χ1v) is 4.75. The molecular formula is C11H12O5. The summed E-state index contributed by atoms with van der Waals surface area (Å²) in [7, 11) is 0. The van der Waals surface area contributed by atoms with Gasteiger partial charge < -0.3 is 14.2 Å². The number of carbonyl (C=O) groups excluding carboxylic acids is 2. The molecule has 0 atom stereocenters. The summed E-state index contributed by atoms with van der Waals surface area (Å²) < 4.78 is 14.0. The lowest BCUT2D eigenvalue weighted by atomic mass is 10.2. The highest BCUT2D eigenvalue weighted by molar-refractivity contribution is 5.63. The maximum atomic E-state index is 11.0. The Morgan fingerprint density at radius 1 is 1.31 bits per heavy atom. The molecule has 1 aromatic carbocycles. The minimum absolute atomic E-state index is 0.198. The number of hydrogen-bond acceptors (Lipinski definition) is 5. The fraction of sp³-hybridized carbons (Fsp3) is 0.273. The second kappa shape index (κ2) is 6.44. The van der Waals surface area contributed by atoms with E-state index < -0.39 is 6.16 Å². The Morgan fingerprint density at radius 3 is 2.56 bits per heavy atom. The van der Waals surface area contributed by atoms with E-state index in [1.54, 1.807) is 31.2 Å². The van der Waals surface area contributed by atoms with Gasteiger partial charge in [-0.3, -0.25) is 4.79 Å². The third kappa shape index (κ3) is 4.00. The van der Waals surface area contributed by atoms with Gasteiger partial charge in [-0.25, -0.2) is 4.79 Å². The van der Waals surface area contributed by atoms with E-state index in [1.807, 2.05) is 0 Å². The predicted molar refractivity (Wildman–Crippen MR) is 54.9 cm³/mol. The van der Waals surface area contributed by atoms with Crippen molar-refractivity contribution in [1.29, 1.82) is 0 Å². The van der Waals surface area contributed by atoms with Crippen molar-refractivity contribution in [1.82, 2.24) is 0 Å². The van der Waals surface area contributed by atoms with Crippen LogP contribution in [-0.2, 0) is 20.9 Å². The zero-order valence-corrected chi connectivity index (χ0v) is 8.84. The maximum Gasteiger partial charge on any atom is 0.513 e. The van der Waals surface area contributed by atoms with Gasteiger partial charge in [0.25, 0.3) is 6.47 Å². The van der Waals surface area contributed by atoms with Gasteiger partial charge in [0.15, 0.2) is 0 Å². The second-order valence-electron chi connectivity index (χ2n) is 2.84. The van der Waals surface area contributed by atoms with Crippen molar-refractivity contribution in [2.24, 2.45) is 0 Å². The van der Waals surface area contributed by atoms with Crippen LogP contribution in [0.25, 0.3) is 0 Å². The van der Waals surface area contributed by atoms with Gasteiger partial charge in [0.05, 0.1) is 6.61 Å². The SMILES string of the molecule is CCOC(=O)Oc1ccc(COC=O)cc1. The van der Waals surface area contributed by atoms with Gasteiger partial charge >= 0.3 is 6.16 Å². The van der Waals surface area contributed by atoms with E-state index in [-0.39, 0.29) is 13.2 Å². The van der Waals surface area contributed by atoms with E-state index in [2.05, 4.69) is 9.47 Å². The summed E-state index contributed by atoms with van der Waals surface area (Å²) in [5, 5.41) is 0. The lowest BCUT2D eigenvalue weighted by Gasteiger charge is -2.04. The van der Waals surface area contributed by atoms with Crippen molar-refractivity contribution in [3.63, 3.8) is 0 Å². The topological polar surface area (TPSA) is 61.8 Å². The Hall–Kier alpha value is -2.04.